The maximum absolute atomic E-state index is 12.6. The van der Waals surface area contributed by atoms with Crippen molar-refractivity contribution >= 4 is 17.2 Å². The van der Waals surface area contributed by atoms with Crippen molar-refractivity contribution in [3.8, 4) is 0 Å². The number of unbranched alkanes of at least 4 members (excludes halogenated alkanes) is 1. The molecule has 2 heterocycles. The molecule has 24 heavy (non-hydrogen) atoms. The molecule has 2 aromatic heterocycles. The Balaban J connectivity index is 1.61. The molecule has 2 aromatic rings. The molecular formula is C19H28N4O. The molecule has 130 valence electrons. The number of amides is 1. The lowest BCUT2D eigenvalue weighted by Gasteiger charge is -2.27. The molecule has 0 radical (unpaired) electrons. The molecule has 5 nitrogen and oxygen atoms in total. The van der Waals surface area contributed by atoms with Gasteiger partial charge in [-0.3, -0.25) is 4.79 Å². The fourth-order valence-electron chi connectivity index (χ4n) is 3.77. The molecular weight excluding hydrogens is 300 g/mol. The fraction of sp³-hybridized carbons (Fsp3) is 0.632. The van der Waals surface area contributed by atoms with Crippen molar-refractivity contribution < 1.29 is 4.79 Å². The Kier molecular flexibility index (Phi) is 5.17. The first-order valence-electron chi connectivity index (χ1n) is 9.21. The van der Waals surface area contributed by atoms with Crippen molar-refractivity contribution in [3.05, 3.63) is 23.7 Å². The number of aromatic nitrogens is 3. The number of rotatable bonds is 5. The molecule has 0 saturated heterocycles. The normalized spacial score (nSPS) is 21.1. The van der Waals surface area contributed by atoms with Gasteiger partial charge in [0.15, 0.2) is 5.65 Å². The Morgan fingerprint density at radius 1 is 1.29 bits per heavy atom. The molecule has 1 amide bonds. The van der Waals surface area contributed by atoms with E-state index in [4.69, 9.17) is 0 Å². The van der Waals surface area contributed by atoms with Gasteiger partial charge in [0.1, 0.15) is 5.82 Å². The van der Waals surface area contributed by atoms with Gasteiger partial charge in [0.25, 0.3) is 0 Å². The largest absolute Gasteiger partial charge is 0.324 e. The fourth-order valence-corrected chi connectivity index (χ4v) is 3.77. The van der Waals surface area contributed by atoms with Gasteiger partial charge >= 0.3 is 0 Å². The smallest absolute Gasteiger partial charge is 0.227 e. The van der Waals surface area contributed by atoms with Crippen LogP contribution < -0.4 is 5.32 Å². The molecule has 0 aromatic carbocycles. The lowest BCUT2D eigenvalue weighted by molar-refractivity contribution is -0.121. The Morgan fingerprint density at radius 3 is 2.75 bits per heavy atom. The van der Waals surface area contributed by atoms with E-state index in [2.05, 4.69) is 22.3 Å². The maximum atomic E-state index is 12.6. The van der Waals surface area contributed by atoms with E-state index in [1.165, 1.54) is 32.1 Å². The number of anilines is 1. The van der Waals surface area contributed by atoms with Crippen LogP contribution in [0.25, 0.3) is 5.65 Å². The second-order valence-corrected chi connectivity index (χ2v) is 7.19. The SMILES string of the molecule is CCCCC1CCC(C(=O)Nc2cc(C)c3nc(C)nn3c2)CC1. The van der Waals surface area contributed by atoms with Gasteiger partial charge in [-0.2, -0.15) is 5.10 Å². The Labute approximate surface area is 143 Å². The summed E-state index contributed by atoms with van der Waals surface area (Å²) in [6.45, 7) is 6.12. The maximum Gasteiger partial charge on any atom is 0.227 e. The summed E-state index contributed by atoms with van der Waals surface area (Å²) in [5.41, 5.74) is 2.68. The van der Waals surface area contributed by atoms with Crippen LogP contribution in [0.15, 0.2) is 12.3 Å². The minimum Gasteiger partial charge on any atom is -0.324 e. The van der Waals surface area contributed by atoms with Crippen molar-refractivity contribution in [3.63, 3.8) is 0 Å². The van der Waals surface area contributed by atoms with Crippen molar-refractivity contribution in [2.45, 2.75) is 65.7 Å². The number of aryl methyl sites for hydroxylation is 2. The molecule has 3 rings (SSSR count). The van der Waals surface area contributed by atoms with E-state index < -0.39 is 0 Å². The van der Waals surface area contributed by atoms with Crippen molar-refractivity contribution in [1.82, 2.24) is 14.6 Å². The summed E-state index contributed by atoms with van der Waals surface area (Å²) in [5.74, 6) is 1.87. The Morgan fingerprint density at radius 2 is 2.04 bits per heavy atom. The van der Waals surface area contributed by atoms with Crippen molar-refractivity contribution in [2.75, 3.05) is 5.32 Å². The zero-order chi connectivity index (χ0) is 17.1. The van der Waals surface area contributed by atoms with E-state index >= 15 is 0 Å². The highest BCUT2D eigenvalue weighted by molar-refractivity contribution is 5.92. The van der Waals surface area contributed by atoms with Crippen LogP contribution in [0.5, 0.6) is 0 Å². The third kappa shape index (κ3) is 3.77. The topological polar surface area (TPSA) is 59.3 Å². The van der Waals surface area contributed by atoms with Crippen molar-refractivity contribution in [2.24, 2.45) is 11.8 Å². The molecule has 0 atom stereocenters. The average molecular weight is 328 g/mol. The molecule has 1 aliphatic carbocycles. The quantitative estimate of drug-likeness (QED) is 0.891. The lowest BCUT2D eigenvalue weighted by atomic mass is 9.79. The number of carbonyl (C=O) groups excluding carboxylic acids is 1. The summed E-state index contributed by atoms with van der Waals surface area (Å²) in [6.07, 6.45) is 10.2. The predicted octanol–water partition coefficient (Wildman–Crippen LogP) is 4.28. The molecule has 1 fully saturated rings. The first kappa shape index (κ1) is 16.9. The summed E-state index contributed by atoms with van der Waals surface area (Å²) in [6, 6.07) is 1.98. The Hall–Kier alpha value is -1.91. The second-order valence-electron chi connectivity index (χ2n) is 7.19. The standard InChI is InChI=1S/C19H28N4O/c1-4-5-6-15-7-9-16(10-8-15)19(24)21-17-11-13(2)18-20-14(3)22-23(18)12-17/h11-12,15-16H,4-10H2,1-3H3,(H,21,24). The van der Waals surface area contributed by atoms with Crippen LogP contribution in [0, 0.1) is 25.7 Å². The zero-order valence-electron chi connectivity index (χ0n) is 15.0. The molecule has 1 saturated carbocycles. The molecule has 0 unspecified atom stereocenters. The molecule has 0 aliphatic heterocycles. The summed E-state index contributed by atoms with van der Waals surface area (Å²) < 4.78 is 1.75. The molecule has 1 N–H and O–H groups in total. The summed E-state index contributed by atoms with van der Waals surface area (Å²) >= 11 is 0. The monoisotopic (exact) mass is 328 g/mol. The van der Waals surface area contributed by atoms with Crippen LogP contribution in [0.2, 0.25) is 0 Å². The van der Waals surface area contributed by atoms with E-state index in [-0.39, 0.29) is 11.8 Å². The number of nitrogens with one attached hydrogen (secondary N) is 1. The van der Waals surface area contributed by atoms with Gasteiger partial charge in [-0.25, -0.2) is 9.50 Å². The highest BCUT2D eigenvalue weighted by atomic mass is 16.1. The first-order valence-corrected chi connectivity index (χ1v) is 9.21. The highest BCUT2D eigenvalue weighted by Crippen LogP contribution is 2.32. The number of hydrogen-bond donors (Lipinski definition) is 1. The predicted molar refractivity (Wildman–Crippen MR) is 96.1 cm³/mol. The third-order valence-electron chi connectivity index (χ3n) is 5.17. The number of carbonyl (C=O) groups is 1. The van der Waals surface area contributed by atoms with Gasteiger partial charge in [0, 0.05) is 5.92 Å². The average Bonchev–Trinajstić information content (AvgIpc) is 2.94. The third-order valence-corrected chi connectivity index (χ3v) is 5.17. The van der Waals surface area contributed by atoms with Crippen LogP contribution in [0.4, 0.5) is 5.69 Å². The van der Waals surface area contributed by atoms with Crippen molar-refractivity contribution in [1.29, 1.82) is 0 Å². The number of pyridine rings is 1. The molecule has 0 spiro atoms. The number of fused-ring (bicyclic) bond motifs is 1. The van der Waals surface area contributed by atoms with Gasteiger partial charge in [0.2, 0.25) is 5.91 Å². The van der Waals surface area contributed by atoms with Crippen LogP contribution in [0.1, 0.15) is 63.3 Å². The van der Waals surface area contributed by atoms with E-state index in [1.54, 1.807) is 4.52 Å². The first-order chi connectivity index (χ1) is 11.6. The number of hydrogen-bond acceptors (Lipinski definition) is 3. The van der Waals surface area contributed by atoms with Crippen LogP contribution >= 0.6 is 0 Å². The van der Waals surface area contributed by atoms with Crippen LogP contribution in [0.3, 0.4) is 0 Å². The Bertz CT molecular complexity index is 713. The van der Waals surface area contributed by atoms with E-state index in [1.807, 2.05) is 26.1 Å². The summed E-state index contributed by atoms with van der Waals surface area (Å²) in [7, 11) is 0. The minimum absolute atomic E-state index is 0.149. The molecule has 1 aliphatic rings. The molecule has 0 bridgehead atoms. The van der Waals surface area contributed by atoms with E-state index in [0.717, 1.165) is 41.5 Å². The van der Waals surface area contributed by atoms with Gasteiger partial charge in [-0.05, 0) is 57.1 Å². The second kappa shape index (κ2) is 7.32. The summed E-state index contributed by atoms with van der Waals surface area (Å²) in [5, 5.41) is 7.43. The van der Waals surface area contributed by atoms with E-state index in [9.17, 15) is 4.79 Å². The van der Waals surface area contributed by atoms with Gasteiger partial charge in [0.05, 0.1) is 11.9 Å². The zero-order valence-corrected chi connectivity index (χ0v) is 15.0. The van der Waals surface area contributed by atoms with E-state index in [0.29, 0.717) is 0 Å². The minimum atomic E-state index is 0.149. The summed E-state index contributed by atoms with van der Waals surface area (Å²) in [4.78, 5) is 17.0. The van der Waals surface area contributed by atoms with Crippen LogP contribution in [-0.4, -0.2) is 20.5 Å². The highest BCUT2D eigenvalue weighted by Gasteiger charge is 2.26. The van der Waals surface area contributed by atoms with Gasteiger partial charge in [-0.15, -0.1) is 0 Å². The number of nitrogens with zero attached hydrogens (tertiary/aromatic N) is 3. The van der Waals surface area contributed by atoms with Crippen LogP contribution in [-0.2, 0) is 4.79 Å². The lowest BCUT2D eigenvalue weighted by Crippen LogP contribution is -2.27. The van der Waals surface area contributed by atoms with Gasteiger partial charge < -0.3 is 5.32 Å². The molecule has 5 heteroatoms. The van der Waals surface area contributed by atoms with Gasteiger partial charge in [-0.1, -0.05) is 26.2 Å².